The largest absolute Gasteiger partial charge is 0.338 e. The molecule has 5 rings (SSSR count). The van der Waals surface area contributed by atoms with Crippen molar-refractivity contribution in [2.75, 3.05) is 16.8 Å². The van der Waals surface area contributed by atoms with Gasteiger partial charge in [-0.25, -0.2) is 14.9 Å². The maximum Gasteiger partial charge on any atom is 0.251 e. The molecule has 1 saturated heterocycles. The molecule has 0 unspecified atom stereocenters. The van der Waals surface area contributed by atoms with Gasteiger partial charge in [0.1, 0.15) is 5.82 Å². The van der Waals surface area contributed by atoms with Crippen molar-refractivity contribution in [2.24, 2.45) is 0 Å². The molecule has 3 aromatic rings. The normalized spacial score (nSPS) is 17.4. The topological polar surface area (TPSA) is 109 Å². The van der Waals surface area contributed by atoms with E-state index in [0.29, 0.717) is 17.4 Å². The van der Waals surface area contributed by atoms with E-state index in [9.17, 15) is 9.18 Å². The molecular formula is C23H26FN7O2. The molecule has 33 heavy (non-hydrogen) atoms. The minimum absolute atomic E-state index is 0.188. The number of halogens is 1. The number of anilines is 4. The van der Waals surface area contributed by atoms with Crippen molar-refractivity contribution < 1.29 is 13.7 Å². The predicted octanol–water partition coefficient (Wildman–Crippen LogP) is 3.77. The van der Waals surface area contributed by atoms with Crippen LogP contribution in [0.1, 0.15) is 56.0 Å². The quantitative estimate of drug-likeness (QED) is 0.545. The molecule has 3 aromatic heterocycles. The van der Waals surface area contributed by atoms with Gasteiger partial charge in [0.15, 0.2) is 0 Å². The van der Waals surface area contributed by atoms with Crippen LogP contribution in [-0.4, -0.2) is 38.6 Å². The smallest absolute Gasteiger partial charge is 0.251 e. The first-order valence-electron chi connectivity index (χ1n) is 11.3. The Balaban J connectivity index is 1.56. The van der Waals surface area contributed by atoms with Crippen LogP contribution in [0, 0.1) is 5.95 Å². The van der Waals surface area contributed by atoms with Gasteiger partial charge >= 0.3 is 0 Å². The zero-order valence-corrected chi connectivity index (χ0v) is 18.6. The second kappa shape index (κ2) is 8.86. The first-order chi connectivity index (χ1) is 16.0. The third-order valence-electron chi connectivity index (χ3n) is 6.03. The summed E-state index contributed by atoms with van der Waals surface area (Å²) in [5.74, 6) is 0.727. The summed E-state index contributed by atoms with van der Waals surface area (Å²) in [5, 5.41) is 10.6. The summed E-state index contributed by atoms with van der Waals surface area (Å²) in [5.41, 5.74) is 3.15. The van der Waals surface area contributed by atoms with Crippen molar-refractivity contribution >= 4 is 29.2 Å². The molecule has 10 heteroatoms. The second-order valence-electron chi connectivity index (χ2n) is 8.71. The number of fused-ring (bicyclic) bond motifs is 1. The van der Waals surface area contributed by atoms with Gasteiger partial charge in [0.05, 0.1) is 29.3 Å². The Labute approximate surface area is 190 Å². The number of aryl methyl sites for hydroxylation is 1. The maximum absolute atomic E-state index is 13.5. The molecule has 4 heterocycles. The first kappa shape index (κ1) is 21.4. The van der Waals surface area contributed by atoms with E-state index in [1.807, 2.05) is 19.9 Å². The fourth-order valence-corrected chi connectivity index (χ4v) is 4.25. The zero-order chi connectivity index (χ0) is 22.9. The van der Waals surface area contributed by atoms with Gasteiger partial charge in [0, 0.05) is 11.6 Å². The lowest BCUT2D eigenvalue weighted by molar-refractivity contribution is -0.119. The number of pyridine rings is 1. The number of aromatic nitrogens is 4. The Hall–Kier alpha value is -3.40. The lowest BCUT2D eigenvalue weighted by atomic mass is 10.1. The number of nitrogens with zero attached hydrogens (tertiary/aromatic N) is 5. The standard InChI is InChI=1S/C23H26FN7O2/c1-13(2)18-11-20(33-30-18)28-21-15-5-3-6-16(15)27-23(29-21)31(14-8-9-19(24)26-12-14)22(32)17-7-4-10-25-17/h8-9,11-13,17,25H,3-7,10H2,1-2H3,(H,27,28,29)/t17-/m1/s1. The van der Waals surface area contributed by atoms with Crippen LogP contribution in [0.4, 0.5) is 27.7 Å². The highest BCUT2D eigenvalue weighted by Crippen LogP contribution is 2.33. The highest BCUT2D eigenvalue weighted by molar-refractivity contribution is 6.02. The third-order valence-corrected chi connectivity index (χ3v) is 6.03. The molecule has 0 saturated carbocycles. The maximum atomic E-state index is 13.5. The van der Waals surface area contributed by atoms with Gasteiger partial charge in [-0.3, -0.25) is 4.79 Å². The summed E-state index contributed by atoms with van der Waals surface area (Å²) < 4.78 is 19.0. The minimum Gasteiger partial charge on any atom is -0.338 e. The number of carbonyl (C=O) groups is 1. The van der Waals surface area contributed by atoms with E-state index in [4.69, 9.17) is 14.5 Å². The molecule has 9 nitrogen and oxygen atoms in total. The van der Waals surface area contributed by atoms with Crippen LogP contribution in [0.2, 0.25) is 0 Å². The van der Waals surface area contributed by atoms with E-state index < -0.39 is 5.95 Å². The summed E-state index contributed by atoms with van der Waals surface area (Å²) in [6.07, 6.45) is 5.53. The summed E-state index contributed by atoms with van der Waals surface area (Å²) >= 11 is 0. The Morgan fingerprint density at radius 1 is 1.27 bits per heavy atom. The molecule has 0 radical (unpaired) electrons. The highest BCUT2D eigenvalue weighted by Gasteiger charge is 2.32. The predicted molar refractivity (Wildman–Crippen MR) is 120 cm³/mol. The van der Waals surface area contributed by atoms with Crippen molar-refractivity contribution in [1.29, 1.82) is 0 Å². The van der Waals surface area contributed by atoms with Gasteiger partial charge in [0.2, 0.25) is 17.8 Å². The molecule has 0 aromatic carbocycles. The van der Waals surface area contributed by atoms with Gasteiger partial charge in [0.25, 0.3) is 5.91 Å². The Morgan fingerprint density at radius 3 is 2.85 bits per heavy atom. The van der Waals surface area contributed by atoms with E-state index in [1.165, 1.54) is 23.2 Å². The average Bonchev–Trinajstić information content (AvgIpc) is 3.57. The first-order valence-corrected chi connectivity index (χ1v) is 11.3. The molecular weight excluding hydrogens is 425 g/mol. The average molecular weight is 452 g/mol. The van der Waals surface area contributed by atoms with Crippen LogP contribution in [-0.2, 0) is 17.6 Å². The van der Waals surface area contributed by atoms with Gasteiger partial charge in [-0.1, -0.05) is 19.0 Å². The van der Waals surface area contributed by atoms with E-state index in [0.717, 1.165) is 55.6 Å². The van der Waals surface area contributed by atoms with E-state index in [-0.39, 0.29) is 23.8 Å². The Bertz CT molecular complexity index is 1160. The number of hydrogen-bond donors (Lipinski definition) is 2. The lowest BCUT2D eigenvalue weighted by Gasteiger charge is -2.25. The number of nitrogens with one attached hydrogen (secondary N) is 2. The van der Waals surface area contributed by atoms with Gasteiger partial charge < -0.3 is 15.2 Å². The minimum atomic E-state index is -0.617. The number of carbonyl (C=O) groups excluding carboxylic acids is 1. The molecule has 2 aliphatic rings. The van der Waals surface area contributed by atoms with Crippen molar-refractivity contribution in [3.63, 3.8) is 0 Å². The molecule has 1 amide bonds. The van der Waals surface area contributed by atoms with Gasteiger partial charge in [-0.05, 0) is 56.7 Å². The monoisotopic (exact) mass is 451 g/mol. The summed E-state index contributed by atoms with van der Waals surface area (Å²) in [6, 6.07) is 4.24. The van der Waals surface area contributed by atoms with Crippen molar-refractivity contribution in [3.05, 3.63) is 47.3 Å². The molecule has 0 spiro atoms. The molecule has 0 bridgehead atoms. The zero-order valence-electron chi connectivity index (χ0n) is 18.6. The number of rotatable bonds is 6. The SMILES string of the molecule is CC(C)c1cc(Nc2nc(N(C(=O)[C@H]3CCCN3)c3ccc(F)nc3)nc3c2CCC3)on1. The number of amides is 1. The third kappa shape index (κ3) is 4.30. The molecule has 1 fully saturated rings. The summed E-state index contributed by atoms with van der Waals surface area (Å²) in [4.78, 5) is 28.1. The molecule has 1 aliphatic carbocycles. The Morgan fingerprint density at radius 2 is 2.15 bits per heavy atom. The van der Waals surface area contributed by atoms with E-state index >= 15 is 0 Å². The molecule has 1 atom stereocenters. The van der Waals surface area contributed by atoms with Crippen LogP contribution in [0.25, 0.3) is 0 Å². The summed E-state index contributed by atoms with van der Waals surface area (Å²) in [6.45, 7) is 4.85. The van der Waals surface area contributed by atoms with Crippen LogP contribution in [0.5, 0.6) is 0 Å². The van der Waals surface area contributed by atoms with Gasteiger partial charge in [-0.2, -0.15) is 9.37 Å². The fourth-order valence-electron chi connectivity index (χ4n) is 4.25. The van der Waals surface area contributed by atoms with Crippen molar-refractivity contribution in [1.82, 2.24) is 25.4 Å². The lowest BCUT2D eigenvalue weighted by Crippen LogP contribution is -2.42. The van der Waals surface area contributed by atoms with Crippen LogP contribution in [0.15, 0.2) is 28.9 Å². The van der Waals surface area contributed by atoms with Crippen LogP contribution in [0.3, 0.4) is 0 Å². The highest BCUT2D eigenvalue weighted by atomic mass is 19.1. The van der Waals surface area contributed by atoms with Crippen molar-refractivity contribution in [3.8, 4) is 0 Å². The van der Waals surface area contributed by atoms with E-state index in [2.05, 4.69) is 20.8 Å². The fraction of sp³-hybridized carbons (Fsp3) is 0.435. The van der Waals surface area contributed by atoms with Gasteiger partial charge in [-0.15, -0.1) is 0 Å². The van der Waals surface area contributed by atoms with Crippen LogP contribution < -0.4 is 15.5 Å². The second-order valence-corrected chi connectivity index (χ2v) is 8.71. The summed E-state index contributed by atoms with van der Waals surface area (Å²) in [7, 11) is 0. The number of hydrogen-bond acceptors (Lipinski definition) is 8. The van der Waals surface area contributed by atoms with E-state index in [1.54, 1.807) is 0 Å². The molecule has 1 aliphatic heterocycles. The van der Waals surface area contributed by atoms with Crippen molar-refractivity contribution in [2.45, 2.75) is 57.9 Å². The molecule has 172 valence electrons. The van der Waals surface area contributed by atoms with Crippen LogP contribution >= 0.6 is 0 Å². The molecule has 2 N–H and O–H groups in total. The Kier molecular flexibility index (Phi) is 5.76.